The molecule has 1 fully saturated rings. The van der Waals surface area contributed by atoms with E-state index in [1.807, 2.05) is 51.1 Å². The van der Waals surface area contributed by atoms with Crippen molar-refractivity contribution in [2.24, 2.45) is 0 Å². The SMILES string of the molecule is Cc1cc(C)c(C2C(=O)C/C(=C\c3ccccn3)C2=O)c(C)c1. The summed E-state index contributed by atoms with van der Waals surface area (Å²) in [5.74, 6) is -0.770. The number of pyridine rings is 1. The highest BCUT2D eigenvalue weighted by molar-refractivity contribution is 6.24. The van der Waals surface area contributed by atoms with Gasteiger partial charge in [0.05, 0.1) is 5.69 Å². The van der Waals surface area contributed by atoms with E-state index in [4.69, 9.17) is 0 Å². The number of benzene rings is 1. The summed E-state index contributed by atoms with van der Waals surface area (Å²) in [7, 11) is 0. The largest absolute Gasteiger partial charge is 0.298 e. The maximum atomic E-state index is 12.8. The predicted molar refractivity (Wildman–Crippen MR) is 90.2 cm³/mol. The summed E-state index contributed by atoms with van der Waals surface area (Å²) in [6.45, 7) is 5.96. The lowest BCUT2D eigenvalue weighted by Gasteiger charge is -2.15. The second-order valence-electron chi connectivity index (χ2n) is 6.18. The van der Waals surface area contributed by atoms with Crippen LogP contribution in [0, 0.1) is 20.8 Å². The van der Waals surface area contributed by atoms with Crippen LogP contribution in [0.5, 0.6) is 0 Å². The average molecular weight is 305 g/mol. The first-order valence-corrected chi connectivity index (χ1v) is 7.73. The van der Waals surface area contributed by atoms with Crippen LogP contribution in [0.2, 0.25) is 0 Å². The number of aromatic nitrogens is 1. The number of carbonyl (C=O) groups excluding carboxylic acids is 2. The van der Waals surface area contributed by atoms with Crippen molar-refractivity contribution in [2.75, 3.05) is 0 Å². The summed E-state index contributed by atoms with van der Waals surface area (Å²) in [5.41, 5.74) is 5.29. The van der Waals surface area contributed by atoms with E-state index in [2.05, 4.69) is 4.98 Å². The van der Waals surface area contributed by atoms with E-state index in [0.717, 1.165) is 22.3 Å². The third-order valence-electron chi connectivity index (χ3n) is 4.30. The highest BCUT2D eigenvalue weighted by atomic mass is 16.2. The normalized spacial score (nSPS) is 19.6. The quantitative estimate of drug-likeness (QED) is 0.627. The van der Waals surface area contributed by atoms with Gasteiger partial charge in [-0.15, -0.1) is 0 Å². The van der Waals surface area contributed by atoms with Gasteiger partial charge in [-0.25, -0.2) is 0 Å². The first kappa shape index (κ1) is 15.3. The van der Waals surface area contributed by atoms with E-state index >= 15 is 0 Å². The highest BCUT2D eigenvalue weighted by Crippen LogP contribution is 2.36. The molecule has 0 radical (unpaired) electrons. The third kappa shape index (κ3) is 2.87. The van der Waals surface area contributed by atoms with E-state index < -0.39 is 5.92 Å². The molecule has 116 valence electrons. The van der Waals surface area contributed by atoms with E-state index in [0.29, 0.717) is 11.3 Å². The molecule has 1 unspecified atom stereocenters. The summed E-state index contributed by atoms with van der Waals surface area (Å²) in [6, 6.07) is 9.59. The van der Waals surface area contributed by atoms with Crippen LogP contribution in [0.3, 0.4) is 0 Å². The fraction of sp³-hybridized carbons (Fsp3) is 0.250. The molecule has 0 saturated heterocycles. The summed E-state index contributed by atoms with van der Waals surface area (Å²) in [4.78, 5) is 29.5. The Morgan fingerprint density at radius 1 is 1.09 bits per heavy atom. The van der Waals surface area contributed by atoms with Crippen LogP contribution >= 0.6 is 0 Å². The molecule has 1 atom stereocenters. The van der Waals surface area contributed by atoms with Crippen molar-refractivity contribution in [2.45, 2.75) is 33.1 Å². The van der Waals surface area contributed by atoms with Crippen LogP contribution in [0.15, 0.2) is 42.1 Å². The Balaban J connectivity index is 2.02. The van der Waals surface area contributed by atoms with Gasteiger partial charge in [-0.3, -0.25) is 14.6 Å². The molecule has 0 aliphatic heterocycles. The first-order chi connectivity index (χ1) is 11.0. The van der Waals surface area contributed by atoms with E-state index in [-0.39, 0.29) is 18.0 Å². The standard InChI is InChI=1S/C20H19NO2/c1-12-8-13(2)18(14(3)9-12)19-17(22)11-15(20(19)23)10-16-6-4-5-7-21-16/h4-10,19H,11H2,1-3H3/b15-10+. The molecule has 0 bridgehead atoms. The Bertz CT molecular complexity index is 796. The minimum atomic E-state index is -0.662. The van der Waals surface area contributed by atoms with Gasteiger partial charge in [0.15, 0.2) is 11.6 Å². The lowest BCUT2D eigenvalue weighted by Crippen LogP contribution is -2.15. The van der Waals surface area contributed by atoms with Gasteiger partial charge in [-0.05, 0) is 55.7 Å². The van der Waals surface area contributed by atoms with Gasteiger partial charge in [0.25, 0.3) is 0 Å². The molecule has 23 heavy (non-hydrogen) atoms. The van der Waals surface area contributed by atoms with Crippen molar-refractivity contribution in [1.82, 2.24) is 4.98 Å². The molecule has 0 amide bonds. The summed E-state index contributed by atoms with van der Waals surface area (Å²) >= 11 is 0. The number of nitrogens with zero attached hydrogens (tertiary/aromatic N) is 1. The minimum absolute atomic E-state index is 0.0211. The monoisotopic (exact) mass is 305 g/mol. The number of rotatable bonds is 2. The molecule has 0 N–H and O–H groups in total. The molecule has 0 spiro atoms. The fourth-order valence-corrected chi connectivity index (χ4v) is 3.41. The summed E-state index contributed by atoms with van der Waals surface area (Å²) in [6.07, 6.45) is 3.60. The molecule has 3 nitrogen and oxygen atoms in total. The zero-order valence-electron chi connectivity index (χ0n) is 13.6. The maximum Gasteiger partial charge on any atom is 0.174 e. The minimum Gasteiger partial charge on any atom is -0.298 e. The number of aryl methyl sites for hydroxylation is 3. The van der Waals surface area contributed by atoms with Crippen LogP contribution in [0.1, 0.15) is 40.3 Å². The average Bonchev–Trinajstić information content (AvgIpc) is 2.75. The smallest absolute Gasteiger partial charge is 0.174 e. The number of hydrogen-bond acceptors (Lipinski definition) is 3. The first-order valence-electron chi connectivity index (χ1n) is 7.73. The zero-order chi connectivity index (χ0) is 16.6. The van der Waals surface area contributed by atoms with Crippen molar-refractivity contribution in [3.8, 4) is 0 Å². The van der Waals surface area contributed by atoms with E-state index in [1.165, 1.54) is 0 Å². The van der Waals surface area contributed by atoms with Crippen molar-refractivity contribution in [3.05, 3.63) is 70.0 Å². The van der Waals surface area contributed by atoms with Gasteiger partial charge in [0.2, 0.25) is 0 Å². The molecule has 2 aromatic rings. The highest BCUT2D eigenvalue weighted by Gasteiger charge is 2.39. The second kappa shape index (κ2) is 5.92. The Hall–Kier alpha value is -2.55. The van der Waals surface area contributed by atoms with E-state index in [1.54, 1.807) is 12.3 Å². The molecule has 1 saturated carbocycles. The lowest BCUT2D eigenvalue weighted by atomic mass is 9.87. The number of ketones is 2. The van der Waals surface area contributed by atoms with Gasteiger partial charge in [-0.2, -0.15) is 0 Å². The Morgan fingerprint density at radius 3 is 2.39 bits per heavy atom. The van der Waals surface area contributed by atoms with Gasteiger partial charge in [-0.1, -0.05) is 23.8 Å². The maximum absolute atomic E-state index is 12.8. The number of allylic oxidation sites excluding steroid dienone is 1. The Labute approximate surface area is 136 Å². The summed E-state index contributed by atoms with van der Waals surface area (Å²) in [5, 5.41) is 0. The Morgan fingerprint density at radius 2 is 1.78 bits per heavy atom. The van der Waals surface area contributed by atoms with Crippen molar-refractivity contribution in [1.29, 1.82) is 0 Å². The van der Waals surface area contributed by atoms with Crippen molar-refractivity contribution in [3.63, 3.8) is 0 Å². The fourth-order valence-electron chi connectivity index (χ4n) is 3.41. The second-order valence-corrected chi connectivity index (χ2v) is 6.18. The molecule has 1 aromatic carbocycles. The molecule has 1 aromatic heterocycles. The van der Waals surface area contributed by atoms with Crippen molar-refractivity contribution >= 4 is 17.6 Å². The molecule has 1 aliphatic carbocycles. The summed E-state index contributed by atoms with van der Waals surface area (Å²) < 4.78 is 0. The number of hydrogen-bond donors (Lipinski definition) is 0. The van der Waals surface area contributed by atoms with Crippen LogP contribution < -0.4 is 0 Å². The van der Waals surface area contributed by atoms with Crippen LogP contribution in [0.25, 0.3) is 6.08 Å². The molecular weight excluding hydrogens is 286 g/mol. The Kier molecular flexibility index (Phi) is 3.95. The van der Waals surface area contributed by atoms with Crippen LogP contribution in [-0.2, 0) is 9.59 Å². The molecule has 3 heteroatoms. The predicted octanol–water partition coefficient (Wildman–Crippen LogP) is 3.72. The molecular formula is C20H19NO2. The zero-order valence-corrected chi connectivity index (χ0v) is 13.6. The van der Waals surface area contributed by atoms with Crippen molar-refractivity contribution < 1.29 is 9.59 Å². The van der Waals surface area contributed by atoms with Gasteiger partial charge >= 0.3 is 0 Å². The van der Waals surface area contributed by atoms with Gasteiger partial charge < -0.3 is 0 Å². The topological polar surface area (TPSA) is 47.0 Å². The number of carbonyl (C=O) groups is 2. The lowest BCUT2D eigenvalue weighted by molar-refractivity contribution is -0.123. The molecule has 3 rings (SSSR count). The van der Waals surface area contributed by atoms with Crippen LogP contribution in [-0.4, -0.2) is 16.6 Å². The molecule has 1 heterocycles. The van der Waals surface area contributed by atoms with Crippen LogP contribution in [0.4, 0.5) is 0 Å². The number of Topliss-reactive ketones (excluding diaryl/α,β-unsaturated/α-hetero) is 2. The van der Waals surface area contributed by atoms with Gasteiger partial charge in [0.1, 0.15) is 5.92 Å². The third-order valence-corrected chi connectivity index (χ3v) is 4.30. The van der Waals surface area contributed by atoms with E-state index in [9.17, 15) is 9.59 Å². The van der Waals surface area contributed by atoms with Gasteiger partial charge in [0, 0.05) is 18.2 Å². The molecule has 1 aliphatic rings.